The number of aryl methyl sites for hydroxylation is 1. The van der Waals surface area contributed by atoms with E-state index in [0.717, 1.165) is 0 Å². The zero-order chi connectivity index (χ0) is 11.9. The van der Waals surface area contributed by atoms with Gasteiger partial charge in [0, 0.05) is 0 Å². The minimum absolute atomic E-state index is 0.00215. The number of rotatable bonds is 0. The molecule has 0 bridgehead atoms. The molecule has 0 aromatic carbocycles. The highest BCUT2D eigenvalue weighted by Crippen LogP contribution is 2.34. The second-order valence-corrected chi connectivity index (χ2v) is 3.16. The molecule has 2 heterocycles. The Bertz CT molecular complexity index is 591. The van der Waals surface area contributed by atoms with Crippen molar-refractivity contribution in [3.8, 4) is 6.07 Å². The molecule has 0 saturated carbocycles. The first-order valence-corrected chi connectivity index (χ1v) is 4.26. The Morgan fingerprint density at radius 2 is 2.12 bits per heavy atom. The van der Waals surface area contributed by atoms with E-state index in [9.17, 15) is 13.2 Å². The summed E-state index contributed by atoms with van der Waals surface area (Å²) in [5.74, 6) is 0.316. The van der Waals surface area contributed by atoms with Crippen molar-refractivity contribution >= 4 is 11.0 Å². The van der Waals surface area contributed by atoms with Crippen LogP contribution in [0.4, 0.5) is 13.2 Å². The lowest BCUT2D eigenvalue weighted by Gasteiger charge is -2.02. The first-order valence-electron chi connectivity index (χ1n) is 4.26. The zero-order valence-electron chi connectivity index (χ0n) is 8.05. The second kappa shape index (κ2) is 3.20. The molecule has 2 aromatic heterocycles. The van der Waals surface area contributed by atoms with Gasteiger partial charge < -0.3 is 4.98 Å². The van der Waals surface area contributed by atoms with Crippen LogP contribution in [0.25, 0.3) is 11.0 Å². The lowest BCUT2D eigenvalue weighted by Crippen LogP contribution is -2.07. The van der Waals surface area contributed by atoms with E-state index in [4.69, 9.17) is 5.26 Å². The molecule has 1 N–H and O–H groups in total. The van der Waals surface area contributed by atoms with Crippen molar-refractivity contribution in [2.45, 2.75) is 13.1 Å². The van der Waals surface area contributed by atoms with Gasteiger partial charge >= 0.3 is 6.18 Å². The van der Waals surface area contributed by atoms with Gasteiger partial charge in [0.05, 0.1) is 11.7 Å². The summed E-state index contributed by atoms with van der Waals surface area (Å²) in [6.45, 7) is 1.54. The molecular formula is C9H5F3N4. The van der Waals surface area contributed by atoms with Crippen LogP contribution in [-0.2, 0) is 6.18 Å². The number of hydrogen-bond donors (Lipinski definition) is 1. The molecule has 2 rings (SSSR count). The first kappa shape index (κ1) is 10.4. The molecule has 0 aliphatic carbocycles. The van der Waals surface area contributed by atoms with Crippen LogP contribution in [0.2, 0.25) is 0 Å². The lowest BCUT2D eigenvalue weighted by molar-refractivity contribution is -0.140. The fourth-order valence-electron chi connectivity index (χ4n) is 1.39. The molecule has 0 spiro atoms. The van der Waals surface area contributed by atoms with Gasteiger partial charge in [-0.15, -0.1) is 0 Å². The molecule has 0 atom stereocenters. The van der Waals surface area contributed by atoms with Crippen molar-refractivity contribution in [1.29, 1.82) is 5.26 Å². The maximum atomic E-state index is 12.5. The normalized spacial score (nSPS) is 11.7. The molecule has 0 amide bonds. The number of aromatic nitrogens is 3. The van der Waals surface area contributed by atoms with E-state index in [0.29, 0.717) is 5.82 Å². The summed E-state index contributed by atoms with van der Waals surface area (Å²) in [6, 6.07) is 1.51. The average molecular weight is 226 g/mol. The van der Waals surface area contributed by atoms with Gasteiger partial charge in [0.25, 0.3) is 0 Å². The summed E-state index contributed by atoms with van der Waals surface area (Å²) < 4.78 is 37.6. The molecular weight excluding hydrogens is 221 g/mol. The minimum Gasteiger partial charge on any atom is -0.347 e. The number of nitriles is 1. The van der Waals surface area contributed by atoms with E-state index < -0.39 is 17.4 Å². The van der Waals surface area contributed by atoms with Crippen LogP contribution in [0.3, 0.4) is 0 Å². The van der Waals surface area contributed by atoms with Crippen LogP contribution in [0.15, 0.2) is 6.20 Å². The fourth-order valence-corrected chi connectivity index (χ4v) is 1.39. The van der Waals surface area contributed by atoms with Crippen LogP contribution in [0.5, 0.6) is 0 Å². The van der Waals surface area contributed by atoms with E-state index in [-0.39, 0.29) is 11.0 Å². The van der Waals surface area contributed by atoms with Crippen molar-refractivity contribution in [3.05, 3.63) is 23.3 Å². The van der Waals surface area contributed by atoms with Gasteiger partial charge in [-0.05, 0) is 6.92 Å². The Labute approximate surface area is 87.7 Å². The molecule has 7 heteroatoms. The topological polar surface area (TPSA) is 65.4 Å². The Balaban J connectivity index is 2.84. The van der Waals surface area contributed by atoms with Gasteiger partial charge in [0.15, 0.2) is 0 Å². The van der Waals surface area contributed by atoms with Gasteiger partial charge in [0.2, 0.25) is 0 Å². The number of aromatic amines is 1. The summed E-state index contributed by atoms with van der Waals surface area (Å²) in [5, 5.41) is 8.73. The number of fused-ring (bicyclic) bond motifs is 1. The highest BCUT2D eigenvalue weighted by atomic mass is 19.4. The number of H-pyrrole nitrogens is 1. The predicted octanol–water partition coefficient (Wildman–Crippen LogP) is 2.16. The monoisotopic (exact) mass is 226 g/mol. The lowest BCUT2D eigenvalue weighted by atomic mass is 10.2. The number of nitrogens with zero attached hydrogens (tertiary/aromatic N) is 3. The van der Waals surface area contributed by atoms with E-state index >= 15 is 0 Å². The third-order valence-corrected chi connectivity index (χ3v) is 2.05. The molecule has 82 valence electrons. The van der Waals surface area contributed by atoms with Crippen LogP contribution in [0.1, 0.15) is 17.1 Å². The Hall–Kier alpha value is -2.10. The number of alkyl halides is 3. The predicted molar refractivity (Wildman–Crippen MR) is 48.3 cm³/mol. The Kier molecular flexibility index (Phi) is 2.08. The molecule has 0 fully saturated rings. The standard InChI is InChI=1S/C9H5F3N4/c1-4-14-3-6-7(15-4)5(2-13)8(16-6)9(10,11)12/h3,16H,1H3. The van der Waals surface area contributed by atoms with Gasteiger partial charge in [-0.2, -0.15) is 18.4 Å². The van der Waals surface area contributed by atoms with Crippen molar-refractivity contribution < 1.29 is 13.2 Å². The SMILES string of the molecule is Cc1ncc2[nH]c(C(F)(F)F)c(C#N)c2n1. The van der Waals surface area contributed by atoms with Crippen LogP contribution < -0.4 is 0 Å². The van der Waals surface area contributed by atoms with Crippen molar-refractivity contribution in [1.82, 2.24) is 15.0 Å². The number of halogens is 3. The molecule has 16 heavy (non-hydrogen) atoms. The summed E-state index contributed by atoms with van der Waals surface area (Å²) >= 11 is 0. The highest BCUT2D eigenvalue weighted by Gasteiger charge is 2.37. The number of nitrogens with one attached hydrogen (secondary N) is 1. The molecule has 2 aromatic rings. The van der Waals surface area contributed by atoms with Crippen LogP contribution in [-0.4, -0.2) is 15.0 Å². The van der Waals surface area contributed by atoms with Gasteiger partial charge in [-0.1, -0.05) is 0 Å². The molecule has 0 radical (unpaired) electrons. The van der Waals surface area contributed by atoms with E-state index in [1.807, 2.05) is 0 Å². The summed E-state index contributed by atoms with van der Waals surface area (Å²) in [6.07, 6.45) is -3.37. The van der Waals surface area contributed by atoms with E-state index in [2.05, 4.69) is 15.0 Å². The molecule has 0 saturated heterocycles. The van der Waals surface area contributed by atoms with Crippen molar-refractivity contribution in [2.24, 2.45) is 0 Å². The van der Waals surface area contributed by atoms with Crippen LogP contribution in [0, 0.1) is 18.3 Å². The zero-order valence-corrected chi connectivity index (χ0v) is 8.05. The van der Waals surface area contributed by atoms with Crippen molar-refractivity contribution in [2.75, 3.05) is 0 Å². The Morgan fingerprint density at radius 1 is 1.44 bits per heavy atom. The van der Waals surface area contributed by atoms with Gasteiger partial charge in [-0.25, -0.2) is 9.97 Å². The van der Waals surface area contributed by atoms with E-state index in [1.54, 1.807) is 6.92 Å². The van der Waals surface area contributed by atoms with Crippen molar-refractivity contribution in [3.63, 3.8) is 0 Å². The molecule has 4 nitrogen and oxygen atoms in total. The molecule has 0 aliphatic rings. The third-order valence-electron chi connectivity index (χ3n) is 2.05. The summed E-state index contributed by atoms with van der Waals surface area (Å²) in [5.41, 5.74) is -1.46. The quantitative estimate of drug-likeness (QED) is 0.748. The summed E-state index contributed by atoms with van der Waals surface area (Å²) in [7, 11) is 0. The largest absolute Gasteiger partial charge is 0.432 e. The van der Waals surface area contributed by atoms with Gasteiger partial charge in [-0.3, -0.25) is 0 Å². The highest BCUT2D eigenvalue weighted by molar-refractivity contribution is 5.82. The molecule has 0 unspecified atom stereocenters. The molecule has 0 aliphatic heterocycles. The smallest absolute Gasteiger partial charge is 0.347 e. The third kappa shape index (κ3) is 1.48. The average Bonchev–Trinajstić information content (AvgIpc) is 2.54. The Morgan fingerprint density at radius 3 is 2.69 bits per heavy atom. The first-order chi connectivity index (χ1) is 7.43. The maximum Gasteiger partial charge on any atom is 0.432 e. The minimum atomic E-state index is -4.60. The van der Waals surface area contributed by atoms with Crippen LogP contribution >= 0.6 is 0 Å². The van der Waals surface area contributed by atoms with E-state index in [1.165, 1.54) is 12.3 Å². The van der Waals surface area contributed by atoms with Gasteiger partial charge in [0.1, 0.15) is 28.7 Å². The summed E-state index contributed by atoms with van der Waals surface area (Å²) in [4.78, 5) is 9.68. The number of hydrogen-bond acceptors (Lipinski definition) is 3. The fraction of sp³-hybridized carbons (Fsp3) is 0.222. The maximum absolute atomic E-state index is 12.5. The second-order valence-electron chi connectivity index (χ2n) is 3.16.